The maximum atomic E-state index is 12.5. The van der Waals surface area contributed by atoms with Gasteiger partial charge in [0.1, 0.15) is 12.3 Å². The molecule has 4 atom stereocenters. The summed E-state index contributed by atoms with van der Waals surface area (Å²) >= 11 is 0. The van der Waals surface area contributed by atoms with E-state index in [4.69, 9.17) is 18.5 Å². The molecular weight excluding hydrogens is 648 g/mol. The number of hydrogen-bond acceptors (Lipinski definition) is 10. The fourth-order valence-corrected chi connectivity index (χ4v) is 6.58. The van der Waals surface area contributed by atoms with Gasteiger partial charge in [0.05, 0.1) is 38.5 Å². The number of aliphatic imine (C=N–C) groups is 1. The van der Waals surface area contributed by atoms with Gasteiger partial charge < -0.3 is 29.5 Å². The van der Waals surface area contributed by atoms with Crippen LogP contribution in [0.15, 0.2) is 22.4 Å². The molecule has 2 aromatic rings. The van der Waals surface area contributed by atoms with Crippen molar-refractivity contribution in [2.45, 2.75) is 148 Å². The van der Waals surface area contributed by atoms with Gasteiger partial charge >= 0.3 is 37.4 Å². The molecule has 1 aliphatic heterocycles. The molecular formula is C33H57N5NaO8P. The molecule has 3 heterocycles. The van der Waals surface area contributed by atoms with E-state index in [-0.39, 0.29) is 66.3 Å². The second-order valence-corrected chi connectivity index (χ2v) is 13.9. The van der Waals surface area contributed by atoms with Crippen LogP contribution in [0.1, 0.15) is 136 Å². The normalized spacial score (nSPS) is 18.6. The van der Waals surface area contributed by atoms with Crippen molar-refractivity contribution < 1.29 is 62.6 Å². The van der Waals surface area contributed by atoms with Gasteiger partial charge in [-0.3, -0.25) is 18.4 Å². The molecule has 3 rings (SSSR count). The molecule has 48 heavy (non-hydrogen) atoms. The van der Waals surface area contributed by atoms with Gasteiger partial charge in [-0.2, -0.15) is 0 Å². The molecule has 0 saturated carbocycles. The van der Waals surface area contributed by atoms with Crippen molar-refractivity contribution in [2.24, 2.45) is 4.99 Å². The maximum absolute atomic E-state index is 12.5. The van der Waals surface area contributed by atoms with Crippen molar-refractivity contribution in [2.75, 3.05) is 26.4 Å². The zero-order valence-electron chi connectivity index (χ0n) is 29.5. The summed E-state index contributed by atoms with van der Waals surface area (Å²) in [6, 6.07) is 0. The van der Waals surface area contributed by atoms with Crippen molar-refractivity contribution in [1.29, 1.82) is 0 Å². The van der Waals surface area contributed by atoms with Crippen molar-refractivity contribution >= 4 is 24.9 Å². The van der Waals surface area contributed by atoms with E-state index in [9.17, 15) is 19.4 Å². The molecule has 0 radical (unpaired) electrons. The van der Waals surface area contributed by atoms with Crippen molar-refractivity contribution in [1.82, 2.24) is 19.5 Å². The number of nitrogens with zero attached hydrogens (tertiary/aromatic N) is 4. The van der Waals surface area contributed by atoms with Crippen LogP contribution < -0.4 is 40.2 Å². The van der Waals surface area contributed by atoms with E-state index in [1.54, 1.807) is 11.5 Å². The third-order valence-electron chi connectivity index (χ3n) is 8.48. The Morgan fingerprint density at radius 3 is 2.27 bits per heavy atom. The molecule has 15 heteroatoms. The van der Waals surface area contributed by atoms with Gasteiger partial charge in [-0.15, -0.1) is 0 Å². The zero-order chi connectivity index (χ0) is 33.7. The van der Waals surface area contributed by atoms with Crippen molar-refractivity contribution in [3.63, 3.8) is 0 Å². The second-order valence-electron chi connectivity index (χ2n) is 12.4. The van der Waals surface area contributed by atoms with Gasteiger partial charge in [0.2, 0.25) is 0 Å². The minimum atomic E-state index is -4.41. The largest absolute Gasteiger partial charge is 1.00 e. The predicted molar refractivity (Wildman–Crippen MR) is 180 cm³/mol. The average Bonchev–Trinajstić information content (AvgIpc) is 3.71. The minimum absolute atomic E-state index is 0. The predicted octanol–water partition coefficient (Wildman–Crippen LogP) is 3.36. The molecule has 0 amide bonds. The van der Waals surface area contributed by atoms with Gasteiger partial charge in [0.15, 0.2) is 11.2 Å². The summed E-state index contributed by atoms with van der Waals surface area (Å²) in [6.45, 7) is 4.04. The first-order chi connectivity index (χ1) is 22.8. The fraction of sp³-hybridized carbons (Fsp3) is 0.818. The number of phosphoric ester groups is 1. The SMILES string of the molecule is CCCCCCCCCCCCCCCCCC([O-])=NCC(COP(=O)(O)OCC1CCC(n2cnc3c(=O)[nH]cnc32)O1)OCC.[Na+]. The number of phosphoric acid groups is 1. The number of aromatic nitrogens is 4. The zero-order valence-corrected chi connectivity index (χ0v) is 32.4. The van der Waals surface area contributed by atoms with E-state index in [1.807, 2.05) is 0 Å². The van der Waals surface area contributed by atoms with Crippen LogP contribution in [-0.2, 0) is 23.1 Å². The van der Waals surface area contributed by atoms with Gasteiger partial charge in [0.25, 0.3) is 5.56 Å². The van der Waals surface area contributed by atoms with Crippen LogP contribution in [0.4, 0.5) is 0 Å². The second kappa shape index (κ2) is 24.9. The van der Waals surface area contributed by atoms with Crippen LogP contribution in [0.5, 0.6) is 0 Å². The number of ether oxygens (including phenoxy) is 2. The number of H-pyrrole nitrogens is 1. The summed E-state index contributed by atoms with van der Waals surface area (Å²) in [4.78, 5) is 37.0. The molecule has 268 valence electrons. The summed E-state index contributed by atoms with van der Waals surface area (Å²) in [5.74, 6) is -0.189. The molecule has 1 fully saturated rings. The molecule has 0 bridgehead atoms. The third kappa shape index (κ3) is 16.7. The minimum Gasteiger partial charge on any atom is -0.862 e. The van der Waals surface area contributed by atoms with E-state index < -0.39 is 26.3 Å². The van der Waals surface area contributed by atoms with E-state index in [2.05, 4.69) is 26.9 Å². The molecule has 1 saturated heterocycles. The van der Waals surface area contributed by atoms with Crippen LogP contribution in [-0.4, -0.2) is 68.9 Å². The van der Waals surface area contributed by atoms with Gasteiger partial charge in [0, 0.05) is 6.61 Å². The topological polar surface area (TPSA) is 173 Å². The molecule has 0 aromatic carbocycles. The molecule has 2 aromatic heterocycles. The summed E-state index contributed by atoms with van der Waals surface area (Å²) in [6.07, 6.45) is 21.8. The number of imidazole rings is 1. The van der Waals surface area contributed by atoms with E-state index in [1.165, 1.54) is 89.7 Å². The molecule has 13 nitrogen and oxygen atoms in total. The number of unbranched alkanes of at least 4 members (excludes halogenated alkanes) is 14. The van der Waals surface area contributed by atoms with Gasteiger partial charge in [-0.25, -0.2) is 14.5 Å². The smallest absolute Gasteiger partial charge is 0.862 e. The Bertz CT molecular complexity index is 1280. The van der Waals surface area contributed by atoms with E-state index >= 15 is 0 Å². The number of nitrogens with one attached hydrogen (secondary N) is 1. The maximum Gasteiger partial charge on any atom is 1.00 e. The summed E-state index contributed by atoms with van der Waals surface area (Å²) < 4.78 is 36.1. The summed E-state index contributed by atoms with van der Waals surface area (Å²) in [5.41, 5.74) is 0.274. The quantitative estimate of drug-likeness (QED) is 0.0462. The Labute approximate surface area is 307 Å². The third-order valence-corrected chi connectivity index (χ3v) is 9.43. The Morgan fingerprint density at radius 2 is 1.65 bits per heavy atom. The number of fused-ring (bicyclic) bond motifs is 1. The average molecular weight is 706 g/mol. The molecule has 2 N–H and O–H groups in total. The molecule has 1 aliphatic rings. The van der Waals surface area contributed by atoms with Crippen molar-refractivity contribution in [3.8, 4) is 0 Å². The van der Waals surface area contributed by atoms with Crippen molar-refractivity contribution in [3.05, 3.63) is 23.0 Å². The Kier molecular flexibility index (Phi) is 22.3. The molecule has 0 spiro atoms. The Morgan fingerprint density at radius 1 is 1.02 bits per heavy atom. The van der Waals surface area contributed by atoms with Crippen LogP contribution in [0.25, 0.3) is 11.2 Å². The monoisotopic (exact) mass is 705 g/mol. The van der Waals surface area contributed by atoms with Crippen LogP contribution >= 0.6 is 7.82 Å². The summed E-state index contributed by atoms with van der Waals surface area (Å²) in [5, 5.41) is 12.3. The fourth-order valence-electron chi connectivity index (χ4n) is 5.80. The Balaban J connectivity index is 0.00000800. The molecule has 4 unspecified atom stereocenters. The Hall–Kier alpha value is -1.15. The van der Waals surface area contributed by atoms with Gasteiger partial charge in [-0.05, 0) is 38.5 Å². The number of aromatic amines is 1. The summed E-state index contributed by atoms with van der Waals surface area (Å²) in [7, 11) is -4.41. The molecule has 0 aliphatic carbocycles. The van der Waals surface area contributed by atoms with E-state index in [0.29, 0.717) is 31.5 Å². The van der Waals surface area contributed by atoms with Crippen LogP contribution in [0.2, 0.25) is 0 Å². The van der Waals surface area contributed by atoms with Crippen LogP contribution in [0, 0.1) is 0 Å². The van der Waals surface area contributed by atoms with Gasteiger partial charge in [-0.1, -0.05) is 96.8 Å². The van der Waals surface area contributed by atoms with Crippen LogP contribution in [0.3, 0.4) is 0 Å². The number of rotatable bonds is 27. The number of hydrogen-bond donors (Lipinski definition) is 2. The standard InChI is InChI=1S/C33H58N5O8P.Na/c1-3-5-6-7-8-9-10-11-12-13-14-15-16-17-18-19-29(39)34-22-28(43-4-2)24-45-47(41,42)44-23-27-20-21-30(46-27)38-26-37-31-32(38)35-25-36-33(31)40;/h25-28,30H,3-24H2,1-2H3,(H,34,39)(H,41,42)(H,35,36,40);/q;+1/p-1. The van der Waals surface area contributed by atoms with E-state index in [0.717, 1.165) is 19.3 Å². The first-order valence-corrected chi connectivity index (χ1v) is 19.3. The first-order valence-electron chi connectivity index (χ1n) is 17.8. The first kappa shape index (κ1) is 43.0.